The number of ether oxygens (including phenoxy) is 2. The molecule has 6 heterocycles. The maximum Gasteiger partial charge on any atom is 0.251 e. The fourth-order valence-electron chi connectivity index (χ4n) is 10.7. The van der Waals surface area contributed by atoms with Crippen molar-refractivity contribution in [1.29, 1.82) is 0 Å². The molecule has 3 aromatic carbocycles. The molecule has 2 atom stereocenters. The zero-order valence-electron chi connectivity index (χ0n) is 41.8. The Kier molecular flexibility index (Phi) is 14.1. The van der Waals surface area contributed by atoms with Gasteiger partial charge in [-0.3, -0.25) is 9.59 Å². The quantitative estimate of drug-likeness (QED) is 0.0939. The number of carbonyl (C=O) groups is 2. The number of nitrogens with two attached hydrogens (primary N) is 1. The van der Waals surface area contributed by atoms with Crippen molar-refractivity contribution in [2.24, 2.45) is 0 Å². The van der Waals surface area contributed by atoms with E-state index in [1.165, 1.54) is 25.6 Å². The predicted molar refractivity (Wildman–Crippen MR) is 281 cm³/mol. The van der Waals surface area contributed by atoms with Crippen LogP contribution in [0.2, 0.25) is 0 Å². The topological polar surface area (TPSA) is 219 Å². The lowest BCUT2D eigenvalue weighted by Crippen LogP contribution is -2.55. The standard InChI is InChI=1S/C53H63N13O6S/c1-6-42-52(68)63(4)44-30-56-53(60-49(44)65(42)37-10-7-8-11-37)64(43-22-15-35(28-45(43)71-5)51(67)59-36-23-26-62(3)27-24-36)31-33(2)73(69,70)41-20-18-40(19-21-41)72-39-16-13-34(14-17-39)47-46-48(54)57-32-58-50(46)66(61-47)38-12-9-25-55-29-38/h13-22,28,30,32,36-38,42,55H,2,6-12,23-27,29,31H2,1,3-5H3,(H,59,67)(H2,54,57,58)/t38-,42-/m1/s1. The average molecular weight is 1010 g/mol. The number of sulfone groups is 1. The minimum absolute atomic E-state index is 0.00756. The van der Waals surface area contributed by atoms with Gasteiger partial charge in [-0.2, -0.15) is 10.1 Å². The first kappa shape index (κ1) is 49.4. The Morgan fingerprint density at radius 1 is 0.932 bits per heavy atom. The molecule has 10 rings (SSSR count). The summed E-state index contributed by atoms with van der Waals surface area (Å²) in [5.74, 6) is 2.12. The van der Waals surface area contributed by atoms with Crippen molar-refractivity contribution in [3.05, 3.63) is 96.3 Å². The number of amides is 2. The third-order valence-corrected chi connectivity index (χ3v) is 16.6. The Balaban J connectivity index is 0.920. The van der Waals surface area contributed by atoms with Crippen molar-refractivity contribution < 1.29 is 27.5 Å². The third kappa shape index (κ3) is 9.78. The van der Waals surface area contributed by atoms with E-state index >= 15 is 0 Å². The average Bonchev–Trinajstić information content (AvgIpc) is 4.10. The van der Waals surface area contributed by atoms with E-state index in [9.17, 15) is 18.0 Å². The molecule has 0 bridgehead atoms. The number of aromatic nitrogens is 6. The highest BCUT2D eigenvalue weighted by atomic mass is 32.2. The number of hydrogen-bond donors (Lipinski definition) is 3. The van der Waals surface area contributed by atoms with Crippen molar-refractivity contribution >= 4 is 61.6 Å². The summed E-state index contributed by atoms with van der Waals surface area (Å²) in [5, 5.41) is 12.3. The van der Waals surface area contributed by atoms with Gasteiger partial charge in [-0.05, 0) is 138 Å². The lowest BCUT2D eigenvalue weighted by atomic mass is 10.0. The minimum Gasteiger partial charge on any atom is -0.495 e. The molecule has 19 nitrogen and oxygen atoms in total. The molecule has 1 aliphatic carbocycles. The maximum atomic E-state index is 14.5. The first-order chi connectivity index (χ1) is 35.3. The minimum atomic E-state index is -4.19. The number of carbonyl (C=O) groups excluding carboxylic acids is 2. The van der Waals surface area contributed by atoms with Gasteiger partial charge >= 0.3 is 0 Å². The van der Waals surface area contributed by atoms with Crippen molar-refractivity contribution in [2.45, 2.75) is 93.8 Å². The SMILES string of the molecule is C=C(CN(c1ncc2c(n1)N(C1CCCC1)[C@H](CC)C(=O)N2C)c1ccc(C(=O)NC2CCN(C)CC2)cc1OC)S(=O)(=O)c1ccc(Oc2ccc(-c3nn([C@@H]4CCCNC4)c4ncnc(N)c34)cc2)cc1. The van der Waals surface area contributed by atoms with Gasteiger partial charge in [0.1, 0.15) is 46.8 Å². The fourth-order valence-corrected chi connectivity index (χ4v) is 11.8. The van der Waals surface area contributed by atoms with E-state index in [0.29, 0.717) is 69.0 Å². The third-order valence-electron chi connectivity index (χ3n) is 14.8. The van der Waals surface area contributed by atoms with Crippen molar-refractivity contribution in [3.63, 3.8) is 0 Å². The monoisotopic (exact) mass is 1010 g/mol. The van der Waals surface area contributed by atoms with E-state index in [2.05, 4.69) is 44.0 Å². The molecule has 20 heteroatoms. The van der Waals surface area contributed by atoms with Gasteiger partial charge in [0.15, 0.2) is 11.5 Å². The number of benzene rings is 3. The van der Waals surface area contributed by atoms with Gasteiger partial charge in [-0.15, -0.1) is 0 Å². The molecule has 0 radical (unpaired) electrons. The van der Waals surface area contributed by atoms with Gasteiger partial charge in [0.2, 0.25) is 21.7 Å². The maximum absolute atomic E-state index is 14.5. The highest BCUT2D eigenvalue weighted by molar-refractivity contribution is 7.95. The molecular formula is C53H63N13O6S. The van der Waals surface area contributed by atoms with Crippen LogP contribution in [0, 0.1) is 0 Å². The van der Waals surface area contributed by atoms with E-state index in [0.717, 1.165) is 83.1 Å². The molecule has 2 amide bonds. The Hall–Kier alpha value is -7.16. The number of rotatable bonds is 15. The molecular weight excluding hydrogens is 947 g/mol. The Labute approximate surface area is 425 Å². The molecule has 4 N–H and O–H groups in total. The van der Waals surface area contributed by atoms with Crippen LogP contribution in [0.5, 0.6) is 17.2 Å². The van der Waals surface area contributed by atoms with Crippen molar-refractivity contribution in [3.8, 4) is 28.5 Å². The van der Waals surface area contributed by atoms with Crippen LogP contribution < -0.4 is 40.5 Å². The Morgan fingerprint density at radius 3 is 2.33 bits per heavy atom. The van der Waals surface area contributed by atoms with Gasteiger partial charge in [0, 0.05) is 36.8 Å². The normalized spacial score (nSPS) is 19.0. The van der Waals surface area contributed by atoms with Crippen LogP contribution in [0.1, 0.15) is 81.1 Å². The zero-order chi connectivity index (χ0) is 51.0. The van der Waals surface area contributed by atoms with E-state index in [1.54, 1.807) is 53.4 Å². The molecule has 6 aromatic rings. The molecule has 3 aromatic heterocycles. The van der Waals surface area contributed by atoms with Gasteiger partial charge in [0.25, 0.3) is 5.91 Å². The van der Waals surface area contributed by atoms with Gasteiger partial charge < -0.3 is 45.4 Å². The Bertz CT molecular complexity index is 3130. The summed E-state index contributed by atoms with van der Waals surface area (Å²) >= 11 is 0. The van der Waals surface area contributed by atoms with Crippen LogP contribution in [0.15, 0.2) is 95.6 Å². The van der Waals surface area contributed by atoms with Crippen LogP contribution >= 0.6 is 0 Å². The number of nitrogens with one attached hydrogen (secondary N) is 2. The molecule has 3 aliphatic heterocycles. The van der Waals surface area contributed by atoms with Crippen LogP contribution in [0.4, 0.5) is 29.0 Å². The van der Waals surface area contributed by atoms with Crippen molar-refractivity contribution in [1.82, 2.24) is 45.2 Å². The summed E-state index contributed by atoms with van der Waals surface area (Å²) in [5.41, 5.74) is 9.95. The van der Waals surface area contributed by atoms with E-state index in [4.69, 9.17) is 30.3 Å². The molecule has 3 fully saturated rings. The molecule has 382 valence electrons. The Morgan fingerprint density at radius 2 is 1.64 bits per heavy atom. The second kappa shape index (κ2) is 20.8. The number of piperidine rings is 2. The highest BCUT2D eigenvalue weighted by Gasteiger charge is 2.42. The molecule has 0 spiro atoms. The summed E-state index contributed by atoms with van der Waals surface area (Å²) < 4.78 is 43.2. The summed E-state index contributed by atoms with van der Waals surface area (Å²) in [6.45, 7) is 9.40. The smallest absolute Gasteiger partial charge is 0.251 e. The summed E-state index contributed by atoms with van der Waals surface area (Å²) in [4.78, 5) is 53.7. The van der Waals surface area contributed by atoms with E-state index < -0.39 is 15.9 Å². The van der Waals surface area contributed by atoms with Gasteiger partial charge in [-0.1, -0.05) is 26.3 Å². The van der Waals surface area contributed by atoms with Crippen LogP contribution in [-0.2, 0) is 14.6 Å². The van der Waals surface area contributed by atoms with Gasteiger partial charge in [0.05, 0.1) is 46.8 Å². The molecule has 4 aliphatic rings. The summed E-state index contributed by atoms with van der Waals surface area (Å²) in [7, 11) is 1.12. The first-order valence-corrected chi connectivity index (χ1v) is 26.7. The van der Waals surface area contributed by atoms with E-state index in [-0.39, 0.29) is 52.2 Å². The molecule has 2 saturated heterocycles. The number of nitrogen functional groups attached to an aromatic ring is 1. The largest absolute Gasteiger partial charge is 0.495 e. The summed E-state index contributed by atoms with van der Waals surface area (Å²) in [6.07, 6.45) is 11.3. The van der Waals surface area contributed by atoms with Crippen LogP contribution in [0.3, 0.4) is 0 Å². The van der Waals surface area contributed by atoms with Crippen molar-refractivity contribution in [2.75, 3.05) is 74.4 Å². The van der Waals surface area contributed by atoms with Gasteiger partial charge in [-0.25, -0.2) is 28.1 Å². The molecule has 73 heavy (non-hydrogen) atoms. The predicted octanol–water partition coefficient (Wildman–Crippen LogP) is 7.04. The first-order valence-electron chi connectivity index (χ1n) is 25.2. The molecule has 0 unspecified atom stereocenters. The zero-order valence-corrected chi connectivity index (χ0v) is 42.6. The fraction of sp³-hybridized carbons (Fsp3) is 0.415. The number of methoxy groups -OCH3 is 1. The van der Waals surface area contributed by atoms with E-state index in [1.807, 2.05) is 35.9 Å². The summed E-state index contributed by atoms with van der Waals surface area (Å²) in [6, 6.07) is 18.5. The number of nitrogens with zero attached hydrogens (tertiary/aromatic N) is 10. The lowest BCUT2D eigenvalue weighted by Gasteiger charge is -2.43. The number of likely N-dealkylation sites (N-methyl/N-ethyl adjacent to an activating group) is 1. The highest BCUT2D eigenvalue weighted by Crippen LogP contribution is 2.43. The van der Waals surface area contributed by atoms with Crippen LogP contribution in [-0.4, -0.2) is 127 Å². The number of hydrogen-bond acceptors (Lipinski definition) is 16. The molecule has 1 saturated carbocycles. The lowest BCUT2D eigenvalue weighted by molar-refractivity contribution is -0.120. The number of anilines is 5. The second-order valence-corrected chi connectivity index (χ2v) is 21.5. The number of fused-ring (bicyclic) bond motifs is 2. The second-order valence-electron chi connectivity index (χ2n) is 19.5. The number of likely N-dealkylation sites (tertiary alicyclic amines) is 1. The van der Waals surface area contributed by atoms with Crippen LogP contribution in [0.25, 0.3) is 22.3 Å².